The minimum atomic E-state index is -0.547. The number of aromatic hydroxyl groups is 1. The fraction of sp³-hybridized carbons (Fsp3) is 0.200. The average molecular weight is 333 g/mol. The van der Waals surface area contributed by atoms with E-state index in [4.69, 9.17) is 17.0 Å². The van der Waals surface area contributed by atoms with Gasteiger partial charge in [0, 0.05) is 6.21 Å². The molecule has 0 bridgehead atoms. The summed E-state index contributed by atoms with van der Waals surface area (Å²) in [5, 5.41) is 9.65. The van der Waals surface area contributed by atoms with Crippen molar-refractivity contribution in [2.75, 3.05) is 6.61 Å². The number of rotatable bonds is 5. The molecular weight excluding hydrogens is 318 g/mol. The smallest absolute Gasteiger partial charge is 0.338 e. The van der Waals surface area contributed by atoms with Gasteiger partial charge in [-0.05, 0) is 42.9 Å². The summed E-state index contributed by atoms with van der Waals surface area (Å²) in [7, 11) is 0. The van der Waals surface area contributed by atoms with Crippen LogP contribution in [0.3, 0.4) is 0 Å². The second-order valence-electron chi connectivity index (χ2n) is 4.61. The van der Waals surface area contributed by atoms with Gasteiger partial charge < -0.3 is 14.8 Å². The summed E-state index contributed by atoms with van der Waals surface area (Å²) in [5.41, 5.74) is 0.347. The third-order valence-electron chi connectivity index (χ3n) is 2.84. The van der Waals surface area contributed by atoms with Crippen LogP contribution in [0.5, 0.6) is 5.88 Å². The first-order valence-electron chi connectivity index (χ1n) is 6.88. The Hall–Kier alpha value is -2.74. The normalized spacial score (nSPS) is 10.8. The maximum Gasteiger partial charge on any atom is 0.338 e. The third kappa shape index (κ3) is 4.36. The highest BCUT2D eigenvalue weighted by molar-refractivity contribution is 7.71. The van der Waals surface area contributed by atoms with E-state index < -0.39 is 11.5 Å². The Kier molecular flexibility index (Phi) is 5.42. The van der Waals surface area contributed by atoms with Crippen molar-refractivity contribution >= 4 is 30.1 Å². The van der Waals surface area contributed by atoms with Crippen molar-refractivity contribution < 1.29 is 14.6 Å². The number of ether oxygens (including phenoxy) is 1. The number of aromatic nitrogens is 2. The SMILES string of the molecule is CCCOC(=O)c1ccc(N=Cc2c(O)[nH]c(=S)[nH]c2=O)cc1. The van der Waals surface area contributed by atoms with E-state index in [2.05, 4.69) is 15.0 Å². The van der Waals surface area contributed by atoms with E-state index >= 15 is 0 Å². The number of carbonyl (C=O) groups excluding carboxylic acids is 1. The molecule has 0 atom stereocenters. The van der Waals surface area contributed by atoms with Crippen LogP contribution in [0.4, 0.5) is 5.69 Å². The Balaban J connectivity index is 2.17. The zero-order valence-corrected chi connectivity index (χ0v) is 13.1. The minimum absolute atomic E-state index is 0.0274. The van der Waals surface area contributed by atoms with E-state index in [1.807, 2.05) is 6.92 Å². The second-order valence-corrected chi connectivity index (χ2v) is 5.02. The molecule has 0 unspecified atom stereocenters. The molecular formula is C15H15N3O4S. The lowest BCUT2D eigenvalue weighted by Crippen LogP contribution is -2.13. The van der Waals surface area contributed by atoms with Gasteiger partial charge in [-0.25, -0.2) is 4.79 Å². The van der Waals surface area contributed by atoms with Crippen molar-refractivity contribution in [3.05, 3.63) is 50.5 Å². The summed E-state index contributed by atoms with van der Waals surface area (Å²) < 4.78 is 5.05. The summed E-state index contributed by atoms with van der Waals surface area (Å²) in [4.78, 5) is 32.2. The average Bonchev–Trinajstić information content (AvgIpc) is 2.52. The van der Waals surface area contributed by atoms with E-state index in [0.29, 0.717) is 17.9 Å². The van der Waals surface area contributed by atoms with E-state index in [1.54, 1.807) is 24.3 Å². The zero-order valence-electron chi connectivity index (χ0n) is 12.3. The lowest BCUT2D eigenvalue weighted by molar-refractivity contribution is 0.0505. The summed E-state index contributed by atoms with van der Waals surface area (Å²) in [5.74, 6) is -0.755. The van der Waals surface area contributed by atoms with Crippen molar-refractivity contribution in [2.45, 2.75) is 13.3 Å². The van der Waals surface area contributed by atoms with Crippen molar-refractivity contribution in [2.24, 2.45) is 4.99 Å². The van der Waals surface area contributed by atoms with Gasteiger partial charge in [-0.15, -0.1) is 0 Å². The van der Waals surface area contributed by atoms with Gasteiger partial charge in [-0.2, -0.15) is 0 Å². The molecule has 7 nitrogen and oxygen atoms in total. The molecule has 1 aromatic heterocycles. The maximum atomic E-state index is 11.7. The molecule has 1 heterocycles. The van der Waals surface area contributed by atoms with Crippen molar-refractivity contribution in [3.8, 4) is 5.88 Å². The predicted molar refractivity (Wildman–Crippen MR) is 88.2 cm³/mol. The van der Waals surface area contributed by atoms with Crippen molar-refractivity contribution in [1.29, 1.82) is 0 Å². The molecule has 0 saturated carbocycles. The lowest BCUT2D eigenvalue weighted by Gasteiger charge is -2.03. The van der Waals surface area contributed by atoms with Crippen LogP contribution in [0.2, 0.25) is 0 Å². The van der Waals surface area contributed by atoms with Crippen LogP contribution in [0.1, 0.15) is 29.3 Å². The number of aliphatic imine (C=N–C) groups is 1. The van der Waals surface area contributed by atoms with Crippen LogP contribution >= 0.6 is 12.2 Å². The predicted octanol–water partition coefficient (Wildman–Crippen LogP) is 2.46. The molecule has 8 heteroatoms. The third-order valence-corrected chi connectivity index (χ3v) is 3.05. The molecule has 0 amide bonds. The summed E-state index contributed by atoms with van der Waals surface area (Å²) >= 11 is 4.73. The van der Waals surface area contributed by atoms with Crippen LogP contribution in [0.15, 0.2) is 34.1 Å². The minimum Gasteiger partial charge on any atom is -0.494 e. The molecule has 2 rings (SSSR count). The van der Waals surface area contributed by atoms with Crippen molar-refractivity contribution in [3.63, 3.8) is 0 Å². The molecule has 2 aromatic rings. The standard InChI is InChI=1S/C15H15N3O4S/c1-2-7-22-14(21)9-3-5-10(6-4-9)16-8-11-12(19)17-15(23)18-13(11)20/h3-6,8H,2,7H2,1H3,(H3,17,18,19,20,23). The number of nitrogens with one attached hydrogen (secondary N) is 2. The van der Waals surface area contributed by atoms with Gasteiger partial charge in [0.15, 0.2) is 4.77 Å². The largest absolute Gasteiger partial charge is 0.494 e. The molecule has 3 N–H and O–H groups in total. The van der Waals surface area contributed by atoms with Crippen LogP contribution in [0.25, 0.3) is 0 Å². The monoisotopic (exact) mass is 333 g/mol. The molecule has 0 saturated heterocycles. The first-order chi connectivity index (χ1) is 11.0. The second kappa shape index (κ2) is 7.50. The van der Waals surface area contributed by atoms with Gasteiger partial charge in [0.2, 0.25) is 5.88 Å². The Labute approximate surface area is 136 Å². The highest BCUT2D eigenvalue weighted by atomic mass is 32.1. The van der Waals surface area contributed by atoms with Crippen LogP contribution in [-0.4, -0.2) is 33.9 Å². The number of aromatic amines is 2. The lowest BCUT2D eigenvalue weighted by atomic mass is 10.2. The summed E-state index contributed by atoms with van der Waals surface area (Å²) in [6.07, 6.45) is 1.97. The molecule has 0 aliphatic rings. The number of hydrogen-bond acceptors (Lipinski definition) is 6. The van der Waals surface area contributed by atoms with Gasteiger partial charge in [0.1, 0.15) is 5.56 Å². The summed E-state index contributed by atoms with van der Waals surface area (Å²) in [6.45, 7) is 2.29. The number of H-pyrrole nitrogens is 2. The highest BCUT2D eigenvalue weighted by Gasteiger charge is 2.07. The van der Waals surface area contributed by atoms with Crippen LogP contribution in [0, 0.1) is 4.77 Å². The number of carbonyl (C=O) groups is 1. The van der Waals surface area contributed by atoms with Gasteiger partial charge in [0.05, 0.1) is 17.9 Å². The molecule has 1 aromatic carbocycles. The van der Waals surface area contributed by atoms with E-state index in [9.17, 15) is 14.7 Å². The molecule has 23 heavy (non-hydrogen) atoms. The quantitative estimate of drug-likeness (QED) is 0.442. The fourth-order valence-corrected chi connectivity index (χ4v) is 1.89. The van der Waals surface area contributed by atoms with E-state index in [1.165, 1.54) is 6.21 Å². The van der Waals surface area contributed by atoms with Crippen LogP contribution < -0.4 is 5.56 Å². The highest BCUT2D eigenvalue weighted by Crippen LogP contribution is 2.14. The summed E-state index contributed by atoms with van der Waals surface area (Å²) in [6, 6.07) is 6.37. The molecule has 0 radical (unpaired) electrons. The topological polar surface area (TPSA) is 108 Å². The zero-order chi connectivity index (χ0) is 16.8. The Morgan fingerprint density at radius 3 is 2.65 bits per heavy atom. The molecule has 0 fully saturated rings. The first-order valence-corrected chi connectivity index (χ1v) is 7.29. The van der Waals surface area contributed by atoms with Crippen molar-refractivity contribution in [1.82, 2.24) is 9.97 Å². The van der Waals surface area contributed by atoms with E-state index in [0.717, 1.165) is 6.42 Å². The van der Waals surface area contributed by atoms with Gasteiger partial charge >= 0.3 is 5.97 Å². The number of nitrogens with zero attached hydrogens (tertiary/aromatic N) is 1. The van der Waals surface area contributed by atoms with Gasteiger partial charge in [-0.1, -0.05) is 6.92 Å². The Morgan fingerprint density at radius 2 is 2.04 bits per heavy atom. The van der Waals surface area contributed by atoms with Crippen LogP contribution in [-0.2, 0) is 4.74 Å². The fourth-order valence-electron chi connectivity index (χ4n) is 1.70. The Morgan fingerprint density at radius 1 is 1.35 bits per heavy atom. The molecule has 0 aliphatic carbocycles. The van der Waals surface area contributed by atoms with E-state index in [-0.39, 0.29) is 16.2 Å². The number of esters is 1. The number of benzene rings is 1. The number of hydrogen-bond donors (Lipinski definition) is 3. The first kappa shape index (κ1) is 16.6. The molecule has 120 valence electrons. The molecule has 0 aliphatic heterocycles. The Bertz CT molecular complexity index is 837. The van der Waals surface area contributed by atoms with Gasteiger partial charge in [0.25, 0.3) is 5.56 Å². The molecule has 0 spiro atoms. The maximum absolute atomic E-state index is 11.7. The van der Waals surface area contributed by atoms with Gasteiger partial charge in [-0.3, -0.25) is 14.8 Å².